The smallest absolute Gasteiger partial charge is 0.328 e. The van der Waals surface area contributed by atoms with Crippen LogP contribution < -0.4 is 26.0 Å². The van der Waals surface area contributed by atoms with E-state index in [1.165, 1.54) is 5.56 Å². The van der Waals surface area contributed by atoms with E-state index >= 15 is 0 Å². The molecule has 2 heterocycles. The van der Waals surface area contributed by atoms with Crippen molar-refractivity contribution in [3.8, 4) is 11.5 Å². The molecule has 0 radical (unpaired) electrons. The fourth-order valence-corrected chi connectivity index (χ4v) is 3.37. The van der Waals surface area contributed by atoms with E-state index in [9.17, 15) is 14.4 Å². The van der Waals surface area contributed by atoms with Crippen molar-refractivity contribution in [2.24, 2.45) is 0 Å². The van der Waals surface area contributed by atoms with E-state index in [0.29, 0.717) is 22.7 Å². The van der Waals surface area contributed by atoms with Gasteiger partial charge in [0, 0.05) is 11.9 Å². The maximum Gasteiger partial charge on any atom is 0.328 e. The first-order valence-electron chi connectivity index (χ1n) is 10.2. The Morgan fingerprint density at radius 3 is 2.58 bits per heavy atom. The number of H-pyrrole nitrogens is 1. The highest BCUT2D eigenvalue weighted by Gasteiger charge is 2.17. The molecule has 2 aromatic carbocycles. The van der Waals surface area contributed by atoms with Crippen LogP contribution in [0.5, 0.6) is 11.5 Å². The molecule has 0 aliphatic carbocycles. The minimum absolute atomic E-state index is 0.00193. The Labute approximate surface area is 178 Å². The zero-order valence-electron chi connectivity index (χ0n) is 17.1. The molecular formula is C23H23N3O5. The van der Waals surface area contributed by atoms with E-state index in [0.717, 1.165) is 30.0 Å². The van der Waals surface area contributed by atoms with Gasteiger partial charge in [-0.2, -0.15) is 0 Å². The van der Waals surface area contributed by atoms with Crippen LogP contribution in [0.15, 0.2) is 58.3 Å². The Morgan fingerprint density at radius 1 is 1.06 bits per heavy atom. The van der Waals surface area contributed by atoms with Gasteiger partial charge >= 0.3 is 5.69 Å². The van der Waals surface area contributed by atoms with Crippen LogP contribution in [0.25, 0.3) is 0 Å². The number of fused-ring (bicyclic) bond motifs is 1. The molecule has 3 aromatic rings. The third kappa shape index (κ3) is 4.53. The summed E-state index contributed by atoms with van der Waals surface area (Å²) in [7, 11) is 0. The number of amides is 1. The van der Waals surface area contributed by atoms with Gasteiger partial charge < -0.3 is 19.8 Å². The molecule has 0 fully saturated rings. The Morgan fingerprint density at radius 2 is 1.81 bits per heavy atom. The Hall–Kier alpha value is -3.81. The second-order valence-corrected chi connectivity index (χ2v) is 7.34. The van der Waals surface area contributed by atoms with Gasteiger partial charge in [-0.1, -0.05) is 31.5 Å². The fourth-order valence-electron chi connectivity index (χ4n) is 3.37. The van der Waals surface area contributed by atoms with Crippen molar-refractivity contribution in [3.05, 3.63) is 86.2 Å². The van der Waals surface area contributed by atoms with Gasteiger partial charge in [-0.3, -0.25) is 14.2 Å². The van der Waals surface area contributed by atoms with Crippen molar-refractivity contribution < 1.29 is 14.3 Å². The van der Waals surface area contributed by atoms with E-state index in [1.54, 1.807) is 30.3 Å². The highest BCUT2D eigenvalue weighted by Crippen LogP contribution is 2.32. The first kappa shape index (κ1) is 20.5. The van der Waals surface area contributed by atoms with Crippen molar-refractivity contribution >= 4 is 11.6 Å². The first-order valence-corrected chi connectivity index (χ1v) is 10.2. The largest absolute Gasteiger partial charge is 0.454 e. The van der Waals surface area contributed by atoms with Gasteiger partial charge in [0.2, 0.25) is 6.79 Å². The summed E-state index contributed by atoms with van der Waals surface area (Å²) in [5.74, 6) is 0.583. The molecule has 1 aliphatic heterocycles. The van der Waals surface area contributed by atoms with Crippen LogP contribution in [0.3, 0.4) is 0 Å². The molecule has 1 aromatic heterocycles. The molecule has 1 aliphatic rings. The number of anilines is 1. The SMILES string of the molecule is CCCCc1ccc(NC(=O)c2c[nH]c(=O)n(Cc3ccc4c(c3)OCO4)c2=O)cc1. The molecule has 0 bridgehead atoms. The van der Waals surface area contributed by atoms with Crippen molar-refractivity contribution in [2.75, 3.05) is 12.1 Å². The molecule has 4 rings (SSSR count). The van der Waals surface area contributed by atoms with E-state index in [-0.39, 0.29) is 18.9 Å². The van der Waals surface area contributed by atoms with Crippen molar-refractivity contribution in [1.29, 1.82) is 0 Å². The highest BCUT2D eigenvalue weighted by atomic mass is 16.7. The summed E-state index contributed by atoms with van der Waals surface area (Å²) in [6.45, 7) is 2.27. The summed E-state index contributed by atoms with van der Waals surface area (Å²) < 4.78 is 11.6. The zero-order valence-corrected chi connectivity index (χ0v) is 17.1. The monoisotopic (exact) mass is 421 g/mol. The number of carbonyl (C=O) groups is 1. The minimum atomic E-state index is -0.668. The lowest BCUT2D eigenvalue weighted by Crippen LogP contribution is -2.39. The number of ether oxygens (including phenoxy) is 2. The maximum atomic E-state index is 12.9. The molecule has 2 N–H and O–H groups in total. The van der Waals surface area contributed by atoms with Gasteiger partial charge in [0.1, 0.15) is 5.56 Å². The normalized spacial score (nSPS) is 12.0. The Kier molecular flexibility index (Phi) is 5.88. The third-order valence-electron chi connectivity index (χ3n) is 5.11. The van der Waals surface area contributed by atoms with E-state index in [2.05, 4.69) is 17.2 Å². The highest BCUT2D eigenvalue weighted by molar-refractivity contribution is 6.03. The average molecular weight is 421 g/mol. The van der Waals surface area contributed by atoms with Gasteiger partial charge in [-0.05, 0) is 48.2 Å². The van der Waals surface area contributed by atoms with Crippen LogP contribution in [0.2, 0.25) is 0 Å². The number of benzene rings is 2. The lowest BCUT2D eigenvalue weighted by atomic mass is 10.1. The molecule has 8 heteroatoms. The topological polar surface area (TPSA) is 102 Å². The molecular weight excluding hydrogens is 398 g/mol. The number of aromatic nitrogens is 2. The molecule has 0 unspecified atom stereocenters. The molecule has 1 amide bonds. The van der Waals surface area contributed by atoms with Gasteiger partial charge in [-0.15, -0.1) is 0 Å². The van der Waals surface area contributed by atoms with Crippen LogP contribution in [0.1, 0.15) is 41.3 Å². The summed E-state index contributed by atoms with van der Waals surface area (Å²) in [5, 5.41) is 2.72. The average Bonchev–Trinajstić information content (AvgIpc) is 3.24. The number of hydrogen-bond donors (Lipinski definition) is 2. The summed E-state index contributed by atoms with van der Waals surface area (Å²) in [4.78, 5) is 40.3. The second-order valence-electron chi connectivity index (χ2n) is 7.34. The lowest BCUT2D eigenvalue weighted by Gasteiger charge is -2.09. The van der Waals surface area contributed by atoms with Gasteiger partial charge in [-0.25, -0.2) is 4.79 Å². The number of carbonyl (C=O) groups excluding carboxylic acids is 1. The fraction of sp³-hybridized carbons (Fsp3) is 0.261. The second kappa shape index (κ2) is 8.91. The van der Waals surface area contributed by atoms with Crippen molar-refractivity contribution in [1.82, 2.24) is 9.55 Å². The third-order valence-corrected chi connectivity index (χ3v) is 5.11. The molecule has 0 saturated carbocycles. The van der Waals surface area contributed by atoms with E-state index in [4.69, 9.17) is 9.47 Å². The first-order chi connectivity index (χ1) is 15.0. The summed E-state index contributed by atoms with van der Waals surface area (Å²) in [6.07, 6.45) is 4.34. The molecule has 0 spiro atoms. The van der Waals surface area contributed by atoms with Crippen molar-refractivity contribution in [3.63, 3.8) is 0 Å². The van der Waals surface area contributed by atoms with Crippen LogP contribution in [-0.4, -0.2) is 22.3 Å². The summed E-state index contributed by atoms with van der Waals surface area (Å²) in [5.41, 5.74) is 1.04. The number of aromatic amines is 1. The van der Waals surface area contributed by atoms with Gasteiger partial charge in [0.05, 0.1) is 6.54 Å². The number of rotatable bonds is 7. The van der Waals surface area contributed by atoms with E-state index in [1.807, 2.05) is 12.1 Å². The van der Waals surface area contributed by atoms with E-state index < -0.39 is 17.2 Å². The molecule has 31 heavy (non-hydrogen) atoms. The Balaban J connectivity index is 1.53. The molecule has 8 nitrogen and oxygen atoms in total. The maximum absolute atomic E-state index is 12.9. The quantitative estimate of drug-likeness (QED) is 0.611. The molecule has 160 valence electrons. The summed E-state index contributed by atoms with van der Waals surface area (Å²) in [6, 6.07) is 12.7. The van der Waals surface area contributed by atoms with Crippen LogP contribution in [-0.2, 0) is 13.0 Å². The number of nitrogens with zero attached hydrogens (tertiary/aromatic N) is 1. The summed E-state index contributed by atoms with van der Waals surface area (Å²) >= 11 is 0. The Bertz CT molecular complexity index is 1210. The standard InChI is InChI=1S/C23H23N3O5/c1-2-3-4-15-5-8-17(9-6-15)25-21(27)18-12-24-23(29)26(22(18)28)13-16-7-10-19-20(11-16)31-14-30-19/h5-12H,2-4,13-14H2,1H3,(H,24,29)(H,25,27). The van der Waals surface area contributed by atoms with Gasteiger partial charge in [0.15, 0.2) is 11.5 Å². The predicted octanol–water partition coefficient (Wildman–Crippen LogP) is 2.91. The minimum Gasteiger partial charge on any atom is -0.454 e. The number of unbranched alkanes of at least 4 members (excludes halogenated alkanes) is 1. The molecule has 0 saturated heterocycles. The zero-order chi connectivity index (χ0) is 21.8. The van der Waals surface area contributed by atoms with Crippen LogP contribution in [0.4, 0.5) is 5.69 Å². The lowest BCUT2D eigenvalue weighted by molar-refractivity contribution is 0.102. The number of nitrogens with one attached hydrogen (secondary N) is 2. The van der Waals surface area contributed by atoms with Gasteiger partial charge in [0.25, 0.3) is 11.5 Å². The van der Waals surface area contributed by atoms with Crippen LogP contribution >= 0.6 is 0 Å². The number of aryl methyl sites for hydroxylation is 1. The van der Waals surface area contributed by atoms with Crippen molar-refractivity contribution in [2.45, 2.75) is 32.7 Å². The molecule has 0 atom stereocenters. The predicted molar refractivity (Wildman–Crippen MR) is 116 cm³/mol. The van der Waals surface area contributed by atoms with Crippen LogP contribution in [0, 0.1) is 0 Å². The number of hydrogen-bond acceptors (Lipinski definition) is 5.